The number of nitrogens with zero attached hydrogens (tertiary/aromatic N) is 3. The van der Waals surface area contributed by atoms with Crippen LogP contribution in [0.3, 0.4) is 0 Å². The number of methoxy groups -OCH3 is 1. The number of nitrogens with one attached hydrogen (secondary N) is 1. The van der Waals surface area contributed by atoms with E-state index < -0.39 is 0 Å². The normalized spacial score (nSPS) is 19.7. The number of hydrogen-bond acceptors (Lipinski definition) is 8. The molecule has 1 aromatic heterocycles. The van der Waals surface area contributed by atoms with Gasteiger partial charge in [-0.15, -0.1) is 10.2 Å². The molecule has 0 spiro atoms. The standard InChI is InChI=1S/C25H26N4O5S/c1-32-20-8-7-17(11-21(20)34-19-9-10-33-15-19)18-12-23(31)29(13-18)14-22(30)26-25-28-27-24(35-25)16-5-3-2-4-6-16/h2-8,11,18-19H,9-10,12-15H2,1H3,(H,26,28,30)/t18-,19-/m1/s1. The quantitative estimate of drug-likeness (QED) is 0.512. The third-order valence-corrected chi connectivity index (χ3v) is 6.97. The molecule has 0 unspecified atom stereocenters. The van der Waals surface area contributed by atoms with E-state index in [-0.39, 0.29) is 30.4 Å². The second-order valence-electron chi connectivity index (χ2n) is 8.52. The minimum Gasteiger partial charge on any atom is -0.493 e. The summed E-state index contributed by atoms with van der Waals surface area (Å²) in [4.78, 5) is 26.9. The molecule has 2 fully saturated rings. The van der Waals surface area contributed by atoms with Crippen molar-refractivity contribution < 1.29 is 23.8 Å². The second-order valence-corrected chi connectivity index (χ2v) is 9.49. The number of aromatic nitrogens is 2. The van der Waals surface area contributed by atoms with Crippen LogP contribution in [-0.2, 0) is 14.3 Å². The summed E-state index contributed by atoms with van der Waals surface area (Å²) in [5.74, 6) is 0.905. The van der Waals surface area contributed by atoms with E-state index in [1.165, 1.54) is 11.3 Å². The third kappa shape index (κ3) is 5.44. The van der Waals surface area contributed by atoms with Crippen LogP contribution in [0.4, 0.5) is 5.13 Å². The zero-order valence-corrected chi connectivity index (χ0v) is 20.1. The number of carbonyl (C=O) groups is 2. The number of amides is 2. The maximum atomic E-state index is 12.7. The van der Waals surface area contributed by atoms with Gasteiger partial charge in [0.25, 0.3) is 0 Å². The van der Waals surface area contributed by atoms with Crippen LogP contribution < -0.4 is 14.8 Å². The van der Waals surface area contributed by atoms with Crippen LogP contribution in [0.5, 0.6) is 11.5 Å². The summed E-state index contributed by atoms with van der Waals surface area (Å²) in [5, 5.41) is 12.1. The molecule has 0 radical (unpaired) electrons. The maximum absolute atomic E-state index is 12.7. The Labute approximate surface area is 207 Å². The smallest absolute Gasteiger partial charge is 0.245 e. The van der Waals surface area contributed by atoms with Crippen molar-refractivity contribution in [1.29, 1.82) is 0 Å². The molecular weight excluding hydrogens is 468 g/mol. The molecule has 35 heavy (non-hydrogen) atoms. The fourth-order valence-electron chi connectivity index (χ4n) is 4.28. The lowest BCUT2D eigenvalue weighted by Gasteiger charge is -2.18. The Kier molecular flexibility index (Phi) is 6.91. The van der Waals surface area contributed by atoms with E-state index in [9.17, 15) is 9.59 Å². The summed E-state index contributed by atoms with van der Waals surface area (Å²) >= 11 is 1.30. The molecule has 0 saturated carbocycles. The van der Waals surface area contributed by atoms with Crippen molar-refractivity contribution in [2.75, 3.05) is 38.7 Å². The molecule has 2 aromatic carbocycles. The Bertz CT molecular complexity index is 1200. The summed E-state index contributed by atoms with van der Waals surface area (Å²) in [5.41, 5.74) is 1.92. The van der Waals surface area contributed by atoms with Gasteiger partial charge in [0.05, 0.1) is 26.9 Å². The fraction of sp³-hybridized carbons (Fsp3) is 0.360. The highest BCUT2D eigenvalue weighted by molar-refractivity contribution is 7.18. The van der Waals surface area contributed by atoms with Crippen LogP contribution >= 0.6 is 11.3 Å². The average molecular weight is 495 g/mol. The van der Waals surface area contributed by atoms with E-state index in [1.807, 2.05) is 48.5 Å². The summed E-state index contributed by atoms with van der Waals surface area (Å²) in [6, 6.07) is 15.4. The Balaban J connectivity index is 1.20. The van der Waals surface area contributed by atoms with E-state index >= 15 is 0 Å². The number of hydrogen-bond donors (Lipinski definition) is 1. The molecule has 3 aromatic rings. The van der Waals surface area contributed by atoms with Crippen molar-refractivity contribution in [1.82, 2.24) is 15.1 Å². The van der Waals surface area contributed by atoms with Gasteiger partial charge in [0, 0.05) is 30.9 Å². The van der Waals surface area contributed by atoms with Gasteiger partial charge in [0.2, 0.25) is 16.9 Å². The third-order valence-electron chi connectivity index (χ3n) is 6.08. The molecule has 3 heterocycles. The number of rotatable bonds is 8. The Morgan fingerprint density at radius 2 is 2.06 bits per heavy atom. The first-order valence-electron chi connectivity index (χ1n) is 11.5. The first kappa shape index (κ1) is 23.3. The molecule has 10 heteroatoms. The highest BCUT2D eigenvalue weighted by Crippen LogP contribution is 2.36. The molecule has 2 amide bonds. The van der Waals surface area contributed by atoms with Crippen molar-refractivity contribution in [2.45, 2.75) is 24.9 Å². The Morgan fingerprint density at radius 1 is 1.20 bits per heavy atom. The van der Waals surface area contributed by atoms with Gasteiger partial charge in [-0.3, -0.25) is 14.9 Å². The van der Waals surface area contributed by atoms with Crippen LogP contribution in [-0.4, -0.2) is 66.4 Å². The van der Waals surface area contributed by atoms with Gasteiger partial charge in [-0.25, -0.2) is 0 Å². The van der Waals surface area contributed by atoms with Gasteiger partial charge >= 0.3 is 0 Å². The molecule has 9 nitrogen and oxygen atoms in total. The van der Waals surface area contributed by atoms with Gasteiger partial charge in [0.15, 0.2) is 11.5 Å². The van der Waals surface area contributed by atoms with Crippen LogP contribution in [0.1, 0.15) is 24.3 Å². The molecular formula is C25H26N4O5S. The lowest BCUT2D eigenvalue weighted by Crippen LogP contribution is -2.34. The molecule has 2 saturated heterocycles. The molecule has 2 aliphatic heterocycles. The molecule has 5 rings (SSSR count). The van der Waals surface area contributed by atoms with Crippen molar-refractivity contribution >= 4 is 28.3 Å². The van der Waals surface area contributed by atoms with Crippen LogP contribution in [0.15, 0.2) is 48.5 Å². The minimum absolute atomic E-state index is 0.00712. The highest BCUT2D eigenvalue weighted by atomic mass is 32.1. The number of likely N-dealkylation sites (tertiary alicyclic amines) is 1. The molecule has 182 valence electrons. The number of anilines is 1. The molecule has 0 bridgehead atoms. The summed E-state index contributed by atoms with van der Waals surface area (Å²) in [6.07, 6.45) is 1.16. The Hall–Kier alpha value is -3.50. The van der Waals surface area contributed by atoms with E-state index in [0.717, 1.165) is 22.6 Å². The van der Waals surface area contributed by atoms with Gasteiger partial charge in [-0.2, -0.15) is 0 Å². The van der Waals surface area contributed by atoms with Gasteiger partial charge in [-0.05, 0) is 17.7 Å². The van der Waals surface area contributed by atoms with Crippen molar-refractivity contribution in [3.8, 4) is 22.1 Å². The van der Waals surface area contributed by atoms with E-state index in [4.69, 9.17) is 14.2 Å². The lowest BCUT2D eigenvalue weighted by atomic mass is 9.98. The Morgan fingerprint density at radius 3 is 2.83 bits per heavy atom. The van der Waals surface area contributed by atoms with Crippen LogP contribution in [0, 0.1) is 0 Å². The first-order chi connectivity index (χ1) is 17.1. The average Bonchev–Trinajstić information content (AvgIpc) is 3.62. The van der Waals surface area contributed by atoms with E-state index in [2.05, 4.69) is 15.5 Å². The van der Waals surface area contributed by atoms with Crippen molar-refractivity contribution in [3.63, 3.8) is 0 Å². The zero-order valence-electron chi connectivity index (χ0n) is 19.3. The van der Waals surface area contributed by atoms with Gasteiger partial charge in [-0.1, -0.05) is 47.7 Å². The van der Waals surface area contributed by atoms with Crippen LogP contribution in [0.25, 0.3) is 10.6 Å². The summed E-state index contributed by atoms with van der Waals surface area (Å²) < 4.78 is 16.9. The maximum Gasteiger partial charge on any atom is 0.245 e. The number of benzene rings is 2. The van der Waals surface area contributed by atoms with Crippen LogP contribution in [0.2, 0.25) is 0 Å². The van der Waals surface area contributed by atoms with Crippen molar-refractivity contribution in [3.05, 3.63) is 54.1 Å². The lowest BCUT2D eigenvalue weighted by molar-refractivity contribution is -0.131. The largest absolute Gasteiger partial charge is 0.493 e. The summed E-state index contributed by atoms with van der Waals surface area (Å²) in [6.45, 7) is 1.66. The molecule has 0 aliphatic carbocycles. The number of carbonyl (C=O) groups excluding carboxylic acids is 2. The molecule has 2 atom stereocenters. The van der Waals surface area contributed by atoms with E-state index in [1.54, 1.807) is 12.0 Å². The fourth-order valence-corrected chi connectivity index (χ4v) is 5.04. The predicted molar refractivity (Wildman–Crippen MR) is 131 cm³/mol. The number of ether oxygens (including phenoxy) is 3. The zero-order chi connectivity index (χ0) is 24.2. The first-order valence-corrected chi connectivity index (χ1v) is 12.3. The highest BCUT2D eigenvalue weighted by Gasteiger charge is 2.32. The summed E-state index contributed by atoms with van der Waals surface area (Å²) in [7, 11) is 1.60. The SMILES string of the molecule is COc1ccc([C@@H]2CC(=O)N(CC(=O)Nc3nnc(-c4ccccc4)s3)C2)cc1O[C@@H]1CCOC1. The molecule has 2 aliphatic rings. The minimum atomic E-state index is -0.297. The topological polar surface area (TPSA) is 103 Å². The predicted octanol–water partition coefficient (Wildman–Crippen LogP) is 3.34. The monoisotopic (exact) mass is 494 g/mol. The van der Waals surface area contributed by atoms with Gasteiger partial charge < -0.3 is 19.1 Å². The second kappa shape index (κ2) is 10.4. The van der Waals surface area contributed by atoms with Crippen molar-refractivity contribution in [2.24, 2.45) is 0 Å². The van der Waals surface area contributed by atoms with E-state index in [0.29, 0.717) is 42.8 Å². The molecule has 1 N–H and O–H groups in total. The van der Waals surface area contributed by atoms with Gasteiger partial charge in [0.1, 0.15) is 11.1 Å².